The molecule has 0 N–H and O–H groups in total. The summed E-state index contributed by atoms with van der Waals surface area (Å²) in [6, 6.07) is 7.87. The van der Waals surface area contributed by atoms with Gasteiger partial charge in [-0.3, -0.25) is 9.59 Å². The Labute approximate surface area is 199 Å². The molecule has 0 radical (unpaired) electrons. The summed E-state index contributed by atoms with van der Waals surface area (Å²) >= 11 is 12.0. The molecule has 1 aromatic heterocycles. The summed E-state index contributed by atoms with van der Waals surface area (Å²) in [5.41, 5.74) is 1.71. The number of aromatic nitrogens is 2. The number of hydrogen-bond acceptors (Lipinski definition) is 3. The van der Waals surface area contributed by atoms with Crippen molar-refractivity contribution in [1.29, 1.82) is 0 Å². The highest BCUT2D eigenvalue weighted by molar-refractivity contribution is 6.35. The molecule has 0 spiro atoms. The second-order valence-corrected chi connectivity index (χ2v) is 8.67. The zero-order valence-corrected chi connectivity index (χ0v) is 19.4. The van der Waals surface area contributed by atoms with Gasteiger partial charge in [-0.2, -0.15) is 5.10 Å². The van der Waals surface area contributed by atoms with Crippen molar-refractivity contribution in [3.05, 3.63) is 80.6 Å². The lowest BCUT2D eigenvalue weighted by atomic mass is 10.1. The average Bonchev–Trinajstić information content (AvgIpc) is 3.06. The van der Waals surface area contributed by atoms with Crippen LogP contribution < -0.4 is 0 Å². The second-order valence-electron chi connectivity index (χ2n) is 7.80. The first-order chi connectivity index (χ1) is 15.7. The first kappa shape index (κ1) is 23.2. The Morgan fingerprint density at radius 1 is 0.879 bits per heavy atom. The first-order valence-corrected chi connectivity index (χ1v) is 11.0. The maximum atomic E-state index is 14.3. The van der Waals surface area contributed by atoms with Gasteiger partial charge in [-0.1, -0.05) is 23.2 Å². The van der Waals surface area contributed by atoms with Crippen LogP contribution >= 0.6 is 23.2 Å². The lowest BCUT2D eigenvalue weighted by Gasteiger charge is -2.35. The van der Waals surface area contributed by atoms with E-state index in [4.69, 9.17) is 23.2 Å². The van der Waals surface area contributed by atoms with Crippen LogP contribution in [0.2, 0.25) is 10.0 Å². The van der Waals surface area contributed by atoms with Gasteiger partial charge in [-0.15, -0.1) is 0 Å². The topological polar surface area (TPSA) is 58.4 Å². The van der Waals surface area contributed by atoms with Gasteiger partial charge in [0, 0.05) is 47.9 Å². The smallest absolute Gasteiger partial charge is 0.257 e. The molecule has 1 fully saturated rings. The van der Waals surface area contributed by atoms with Crippen molar-refractivity contribution in [2.45, 2.75) is 13.8 Å². The molecule has 1 saturated heterocycles. The van der Waals surface area contributed by atoms with E-state index in [1.54, 1.807) is 41.8 Å². The van der Waals surface area contributed by atoms with Crippen LogP contribution in [-0.4, -0.2) is 57.6 Å². The molecule has 33 heavy (non-hydrogen) atoms. The Morgan fingerprint density at radius 3 is 2.03 bits per heavy atom. The van der Waals surface area contributed by atoms with Gasteiger partial charge in [0.05, 0.1) is 17.0 Å². The highest BCUT2D eigenvalue weighted by Gasteiger charge is 2.29. The van der Waals surface area contributed by atoms with E-state index in [0.29, 0.717) is 58.7 Å². The molecule has 0 unspecified atom stereocenters. The molecule has 1 aliphatic heterocycles. The minimum absolute atomic E-state index is 0.0617. The first-order valence-electron chi connectivity index (χ1n) is 10.2. The molecule has 0 bridgehead atoms. The molecule has 2 aromatic carbocycles. The SMILES string of the molecule is Cc1nn(-c2ccc(F)cc2F)c(C)c1C(=O)N1CCN(C(=O)c2cc(Cl)cc(Cl)c2)CC1. The Kier molecular flexibility index (Phi) is 6.41. The second kappa shape index (κ2) is 9.11. The van der Waals surface area contributed by atoms with Crippen molar-refractivity contribution in [3.8, 4) is 5.69 Å². The van der Waals surface area contributed by atoms with Crippen LogP contribution in [0.15, 0.2) is 36.4 Å². The number of halogens is 4. The standard InChI is InChI=1S/C23H20Cl2F2N4O2/c1-13-21(14(2)31(28-13)20-4-3-18(26)12-19(20)27)23(33)30-7-5-29(6-8-30)22(32)15-9-16(24)11-17(25)10-15/h3-4,9-12H,5-8H2,1-2H3. The molecular formula is C23H20Cl2F2N4O2. The third-order valence-corrected chi connectivity index (χ3v) is 6.04. The van der Waals surface area contributed by atoms with Crippen LogP contribution in [0.4, 0.5) is 8.78 Å². The predicted molar refractivity (Wildman–Crippen MR) is 121 cm³/mol. The van der Waals surface area contributed by atoms with Gasteiger partial charge < -0.3 is 9.80 Å². The van der Waals surface area contributed by atoms with Gasteiger partial charge in [0.1, 0.15) is 11.5 Å². The fraction of sp³-hybridized carbons (Fsp3) is 0.261. The normalized spacial score (nSPS) is 14.0. The van der Waals surface area contributed by atoms with E-state index >= 15 is 0 Å². The molecule has 6 nitrogen and oxygen atoms in total. The highest BCUT2D eigenvalue weighted by atomic mass is 35.5. The molecule has 1 aliphatic rings. The van der Waals surface area contributed by atoms with Crippen molar-refractivity contribution in [2.75, 3.05) is 26.2 Å². The number of benzene rings is 2. The number of carbonyl (C=O) groups excluding carboxylic acids is 2. The van der Waals surface area contributed by atoms with Gasteiger partial charge in [0.25, 0.3) is 11.8 Å². The number of aryl methyl sites for hydroxylation is 1. The number of piperazine rings is 1. The number of carbonyl (C=O) groups is 2. The number of hydrogen-bond donors (Lipinski definition) is 0. The van der Waals surface area contributed by atoms with Crippen LogP contribution in [0, 0.1) is 25.5 Å². The summed E-state index contributed by atoms with van der Waals surface area (Å²) in [4.78, 5) is 29.3. The maximum absolute atomic E-state index is 14.3. The third-order valence-electron chi connectivity index (χ3n) is 5.61. The van der Waals surface area contributed by atoms with Crippen molar-refractivity contribution in [3.63, 3.8) is 0 Å². The van der Waals surface area contributed by atoms with Gasteiger partial charge in [0.2, 0.25) is 0 Å². The lowest BCUT2D eigenvalue weighted by molar-refractivity contribution is 0.0534. The van der Waals surface area contributed by atoms with Crippen LogP contribution in [0.1, 0.15) is 32.1 Å². The lowest BCUT2D eigenvalue weighted by Crippen LogP contribution is -2.50. The molecule has 4 rings (SSSR count). The summed E-state index contributed by atoms with van der Waals surface area (Å²) in [6.07, 6.45) is 0. The van der Waals surface area contributed by atoms with Crippen molar-refractivity contribution in [2.24, 2.45) is 0 Å². The Balaban J connectivity index is 1.50. The summed E-state index contributed by atoms with van der Waals surface area (Å²) in [5.74, 6) is -1.93. The molecule has 0 saturated carbocycles. The number of nitrogens with zero attached hydrogens (tertiary/aromatic N) is 4. The van der Waals surface area contributed by atoms with E-state index < -0.39 is 11.6 Å². The molecule has 2 amide bonds. The van der Waals surface area contributed by atoms with E-state index in [1.165, 1.54) is 10.7 Å². The zero-order chi connectivity index (χ0) is 23.9. The fourth-order valence-electron chi connectivity index (χ4n) is 3.97. The zero-order valence-electron chi connectivity index (χ0n) is 17.9. The Morgan fingerprint density at radius 2 is 1.45 bits per heavy atom. The fourth-order valence-corrected chi connectivity index (χ4v) is 4.50. The van der Waals surface area contributed by atoms with E-state index in [9.17, 15) is 18.4 Å². The molecule has 2 heterocycles. The van der Waals surface area contributed by atoms with Gasteiger partial charge >= 0.3 is 0 Å². The molecule has 172 valence electrons. The number of amides is 2. The predicted octanol–water partition coefficient (Wildman–Crippen LogP) is 4.67. The van der Waals surface area contributed by atoms with Gasteiger partial charge in [-0.25, -0.2) is 13.5 Å². The monoisotopic (exact) mass is 492 g/mol. The van der Waals surface area contributed by atoms with Crippen LogP contribution in [-0.2, 0) is 0 Å². The van der Waals surface area contributed by atoms with Crippen molar-refractivity contribution >= 4 is 35.0 Å². The van der Waals surface area contributed by atoms with E-state index in [1.807, 2.05) is 0 Å². The van der Waals surface area contributed by atoms with E-state index in [-0.39, 0.29) is 17.5 Å². The van der Waals surface area contributed by atoms with Gasteiger partial charge in [0.15, 0.2) is 5.82 Å². The summed E-state index contributed by atoms with van der Waals surface area (Å²) < 4.78 is 28.9. The summed E-state index contributed by atoms with van der Waals surface area (Å²) in [5, 5.41) is 5.05. The number of rotatable bonds is 3. The van der Waals surface area contributed by atoms with Crippen molar-refractivity contribution < 1.29 is 18.4 Å². The van der Waals surface area contributed by atoms with Crippen LogP contribution in [0.3, 0.4) is 0 Å². The molecule has 3 aromatic rings. The largest absolute Gasteiger partial charge is 0.335 e. The maximum Gasteiger partial charge on any atom is 0.257 e. The molecule has 0 aliphatic carbocycles. The van der Waals surface area contributed by atoms with Crippen LogP contribution in [0.25, 0.3) is 5.69 Å². The average molecular weight is 493 g/mol. The molecular weight excluding hydrogens is 473 g/mol. The summed E-state index contributed by atoms with van der Waals surface area (Å²) in [6.45, 7) is 4.67. The van der Waals surface area contributed by atoms with Gasteiger partial charge in [-0.05, 0) is 44.2 Å². The Bertz CT molecular complexity index is 1230. The van der Waals surface area contributed by atoms with E-state index in [2.05, 4.69) is 5.10 Å². The van der Waals surface area contributed by atoms with E-state index in [0.717, 1.165) is 12.1 Å². The third kappa shape index (κ3) is 4.58. The highest BCUT2D eigenvalue weighted by Crippen LogP contribution is 2.24. The molecule has 0 atom stereocenters. The minimum atomic E-state index is -0.771. The summed E-state index contributed by atoms with van der Waals surface area (Å²) in [7, 11) is 0. The quantitative estimate of drug-likeness (QED) is 0.533. The van der Waals surface area contributed by atoms with Crippen molar-refractivity contribution in [1.82, 2.24) is 19.6 Å². The van der Waals surface area contributed by atoms with Crippen LogP contribution in [0.5, 0.6) is 0 Å². The minimum Gasteiger partial charge on any atom is -0.335 e. The molecule has 10 heteroatoms. The Hall–Kier alpha value is -2.97.